The molecule has 0 aliphatic heterocycles. The molecule has 0 saturated carbocycles. The highest BCUT2D eigenvalue weighted by atomic mass is 16.6. The van der Waals surface area contributed by atoms with Crippen LogP contribution in [0, 0.1) is 17.0 Å². The zero-order valence-electron chi connectivity index (χ0n) is 10.5. The summed E-state index contributed by atoms with van der Waals surface area (Å²) in [7, 11) is 0. The number of pyridine rings is 1. The van der Waals surface area contributed by atoms with E-state index in [-0.39, 0.29) is 10.6 Å². The summed E-state index contributed by atoms with van der Waals surface area (Å²) in [5.41, 5.74) is 7.91. The standard InChI is InChI=1S/C13H14N4O2/c1-9-10(3-2-4-12(9)17(18)19)8-16-13-7-11(14)5-6-15-13/h2-7H,8H2,1H3,(H3,14,15,16). The zero-order chi connectivity index (χ0) is 13.8. The molecule has 1 aromatic carbocycles. The van der Waals surface area contributed by atoms with E-state index in [0.717, 1.165) is 5.56 Å². The summed E-state index contributed by atoms with van der Waals surface area (Å²) in [6.45, 7) is 2.20. The third kappa shape index (κ3) is 2.98. The first kappa shape index (κ1) is 12.8. The van der Waals surface area contributed by atoms with E-state index in [1.807, 2.05) is 6.07 Å². The molecular weight excluding hydrogens is 244 g/mol. The van der Waals surface area contributed by atoms with Crippen molar-refractivity contribution in [2.75, 3.05) is 11.1 Å². The lowest BCUT2D eigenvalue weighted by Crippen LogP contribution is -2.04. The van der Waals surface area contributed by atoms with Crippen LogP contribution in [0.2, 0.25) is 0 Å². The maximum atomic E-state index is 10.8. The summed E-state index contributed by atoms with van der Waals surface area (Å²) >= 11 is 0. The predicted molar refractivity (Wildman–Crippen MR) is 73.8 cm³/mol. The number of rotatable bonds is 4. The molecule has 3 N–H and O–H groups in total. The summed E-state index contributed by atoms with van der Waals surface area (Å²) in [6.07, 6.45) is 1.61. The van der Waals surface area contributed by atoms with Gasteiger partial charge in [0.25, 0.3) is 5.69 Å². The summed E-state index contributed by atoms with van der Waals surface area (Å²) in [6, 6.07) is 8.44. The van der Waals surface area contributed by atoms with Crippen LogP contribution in [0.4, 0.5) is 17.2 Å². The fourth-order valence-corrected chi connectivity index (χ4v) is 1.79. The van der Waals surface area contributed by atoms with E-state index in [1.54, 1.807) is 31.3 Å². The smallest absolute Gasteiger partial charge is 0.272 e. The van der Waals surface area contributed by atoms with Gasteiger partial charge in [-0.05, 0) is 18.6 Å². The molecule has 0 bridgehead atoms. The summed E-state index contributed by atoms with van der Waals surface area (Å²) in [5, 5.41) is 13.9. The van der Waals surface area contributed by atoms with Crippen LogP contribution in [0.25, 0.3) is 0 Å². The van der Waals surface area contributed by atoms with Gasteiger partial charge in [0.1, 0.15) is 5.82 Å². The number of hydrogen-bond acceptors (Lipinski definition) is 5. The number of benzene rings is 1. The van der Waals surface area contributed by atoms with Gasteiger partial charge in [0.15, 0.2) is 0 Å². The van der Waals surface area contributed by atoms with E-state index in [1.165, 1.54) is 6.07 Å². The molecule has 98 valence electrons. The van der Waals surface area contributed by atoms with Crippen molar-refractivity contribution in [1.82, 2.24) is 4.98 Å². The first-order valence-electron chi connectivity index (χ1n) is 5.76. The highest BCUT2D eigenvalue weighted by Gasteiger charge is 2.12. The highest BCUT2D eigenvalue weighted by molar-refractivity contribution is 5.50. The van der Waals surface area contributed by atoms with Gasteiger partial charge in [0, 0.05) is 36.1 Å². The molecule has 2 rings (SSSR count). The molecule has 0 saturated heterocycles. The maximum absolute atomic E-state index is 10.8. The van der Waals surface area contributed by atoms with Gasteiger partial charge in [-0.3, -0.25) is 10.1 Å². The molecule has 0 radical (unpaired) electrons. The van der Waals surface area contributed by atoms with Gasteiger partial charge in [-0.1, -0.05) is 12.1 Å². The second-order valence-corrected chi connectivity index (χ2v) is 4.15. The minimum Gasteiger partial charge on any atom is -0.399 e. The van der Waals surface area contributed by atoms with Crippen molar-refractivity contribution in [3.05, 3.63) is 57.8 Å². The lowest BCUT2D eigenvalue weighted by Gasteiger charge is -2.08. The normalized spacial score (nSPS) is 10.2. The van der Waals surface area contributed by atoms with Crippen molar-refractivity contribution >= 4 is 17.2 Å². The predicted octanol–water partition coefficient (Wildman–Crippen LogP) is 2.49. The Balaban J connectivity index is 2.16. The van der Waals surface area contributed by atoms with Crippen LogP contribution < -0.4 is 11.1 Å². The Kier molecular flexibility index (Phi) is 3.61. The summed E-state index contributed by atoms with van der Waals surface area (Å²) in [5.74, 6) is 0.644. The number of nitrogens with two attached hydrogens (primary N) is 1. The van der Waals surface area contributed by atoms with Crippen molar-refractivity contribution in [2.24, 2.45) is 0 Å². The number of nitrogens with one attached hydrogen (secondary N) is 1. The molecule has 0 spiro atoms. The van der Waals surface area contributed by atoms with Crippen LogP contribution in [0.1, 0.15) is 11.1 Å². The molecule has 0 unspecified atom stereocenters. The number of nitrogen functional groups attached to an aromatic ring is 1. The number of nitro groups is 1. The van der Waals surface area contributed by atoms with Crippen molar-refractivity contribution in [3.63, 3.8) is 0 Å². The van der Waals surface area contributed by atoms with Crippen molar-refractivity contribution in [3.8, 4) is 0 Å². The monoisotopic (exact) mass is 258 g/mol. The summed E-state index contributed by atoms with van der Waals surface area (Å²) in [4.78, 5) is 14.6. The molecule has 6 nitrogen and oxygen atoms in total. The lowest BCUT2D eigenvalue weighted by atomic mass is 10.1. The molecule has 2 aromatic rings. The first-order valence-corrected chi connectivity index (χ1v) is 5.76. The maximum Gasteiger partial charge on any atom is 0.272 e. The zero-order valence-corrected chi connectivity index (χ0v) is 10.5. The molecule has 0 fully saturated rings. The van der Waals surface area contributed by atoms with E-state index >= 15 is 0 Å². The quantitative estimate of drug-likeness (QED) is 0.649. The minimum absolute atomic E-state index is 0.125. The van der Waals surface area contributed by atoms with Gasteiger partial charge in [-0.15, -0.1) is 0 Å². The molecular formula is C13H14N4O2. The van der Waals surface area contributed by atoms with Crippen molar-refractivity contribution in [2.45, 2.75) is 13.5 Å². The topological polar surface area (TPSA) is 94.1 Å². The molecule has 19 heavy (non-hydrogen) atoms. The molecule has 6 heteroatoms. The Morgan fingerprint density at radius 2 is 2.21 bits per heavy atom. The number of anilines is 2. The van der Waals surface area contributed by atoms with Gasteiger partial charge >= 0.3 is 0 Å². The van der Waals surface area contributed by atoms with Gasteiger partial charge in [-0.2, -0.15) is 0 Å². The van der Waals surface area contributed by atoms with Crippen LogP contribution >= 0.6 is 0 Å². The van der Waals surface area contributed by atoms with Crippen LogP contribution in [0.15, 0.2) is 36.5 Å². The second kappa shape index (κ2) is 5.34. The summed E-state index contributed by atoms with van der Waals surface area (Å²) < 4.78 is 0. The fourth-order valence-electron chi connectivity index (χ4n) is 1.79. The van der Waals surface area contributed by atoms with Crippen LogP contribution in [0.5, 0.6) is 0 Å². The number of hydrogen-bond donors (Lipinski definition) is 2. The Morgan fingerprint density at radius 1 is 1.42 bits per heavy atom. The molecule has 0 aliphatic carbocycles. The van der Waals surface area contributed by atoms with Gasteiger partial charge < -0.3 is 11.1 Å². The Hall–Kier alpha value is -2.63. The van der Waals surface area contributed by atoms with Crippen molar-refractivity contribution in [1.29, 1.82) is 0 Å². The second-order valence-electron chi connectivity index (χ2n) is 4.15. The first-order chi connectivity index (χ1) is 9.08. The average Bonchev–Trinajstić information content (AvgIpc) is 2.37. The third-order valence-electron chi connectivity index (χ3n) is 2.86. The number of nitro benzene ring substituents is 1. The molecule has 0 amide bonds. The fraction of sp³-hybridized carbons (Fsp3) is 0.154. The van der Waals surface area contributed by atoms with E-state index in [9.17, 15) is 10.1 Å². The lowest BCUT2D eigenvalue weighted by molar-refractivity contribution is -0.385. The highest BCUT2D eigenvalue weighted by Crippen LogP contribution is 2.21. The third-order valence-corrected chi connectivity index (χ3v) is 2.86. The van der Waals surface area contributed by atoms with Crippen molar-refractivity contribution < 1.29 is 4.92 Å². The van der Waals surface area contributed by atoms with E-state index in [0.29, 0.717) is 23.6 Å². The average molecular weight is 258 g/mol. The van der Waals surface area contributed by atoms with Gasteiger partial charge in [-0.25, -0.2) is 4.98 Å². The Labute approximate surface area is 110 Å². The molecule has 0 aliphatic rings. The Morgan fingerprint density at radius 3 is 2.89 bits per heavy atom. The van der Waals surface area contributed by atoms with Gasteiger partial charge in [0.05, 0.1) is 4.92 Å². The molecule has 0 atom stereocenters. The molecule has 1 aromatic heterocycles. The number of aromatic nitrogens is 1. The largest absolute Gasteiger partial charge is 0.399 e. The minimum atomic E-state index is -0.377. The van der Waals surface area contributed by atoms with Gasteiger partial charge in [0.2, 0.25) is 0 Å². The van der Waals surface area contributed by atoms with Crippen LogP contribution in [0.3, 0.4) is 0 Å². The van der Waals surface area contributed by atoms with E-state index in [2.05, 4.69) is 10.3 Å². The van der Waals surface area contributed by atoms with Crippen LogP contribution in [-0.4, -0.2) is 9.91 Å². The molecule has 1 heterocycles. The SMILES string of the molecule is Cc1c(CNc2cc(N)ccn2)cccc1[N+](=O)[O-]. The van der Waals surface area contributed by atoms with E-state index < -0.39 is 0 Å². The van der Waals surface area contributed by atoms with Crippen LogP contribution in [-0.2, 0) is 6.54 Å². The Bertz CT molecular complexity index is 613. The number of nitrogens with zero attached hydrogens (tertiary/aromatic N) is 2. The van der Waals surface area contributed by atoms with E-state index in [4.69, 9.17) is 5.73 Å².